The van der Waals surface area contributed by atoms with Crippen LogP contribution in [0.25, 0.3) is 0 Å². The smallest absolute Gasteiger partial charge is 0.267 e. The zero-order chi connectivity index (χ0) is 15.9. The van der Waals surface area contributed by atoms with Gasteiger partial charge in [-0.3, -0.25) is 9.79 Å². The molecule has 1 aromatic carbocycles. The Hall–Kier alpha value is -2.26. The lowest BCUT2D eigenvalue weighted by atomic mass is 10.0. The summed E-state index contributed by atoms with van der Waals surface area (Å²) in [7, 11) is 0. The van der Waals surface area contributed by atoms with Crippen molar-refractivity contribution in [1.82, 2.24) is 5.32 Å². The van der Waals surface area contributed by atoms with E-state index in [1.807, 2.05) is 30.3 Å². The van der Waals surface area contributed by atoms with Crippen LogP contribution < -0.4 is 10.6 Å². The summed E-state index contributed by atoms with van der Waals surface area (Å²) in [5.74, 6) is 0.784. The number of carbonyl (C=O) groups excluding carboxylic acids is 1. The Bertz CT molecular complexity index is 658. The Labute approximate surface area is 134 Å². The molecule has 0 aliphatic carbocycles. The summed E-state index contributed by atoms with van der Waals surface area (Å²) in [6.07, 6.45) is 1.41. The maximum absolute atomic E-state index is 12.2. The van der Waals surface area contributed by atoms with E-state index in [0.717, 1.165) is 28.7 Å². The molecule has 0 atom stereocenters. The molecule has 0 bridgehead atoms. The molecular formula is C16H18N4OS. The molecule has 2 N–H and O–H groups in total. The van der Waals surface area contributed by atoms with E-state index in [0.29, 0.717) is 0 Å². The van der Waals surface area contributed by atoms with E-state index in [9.17, 15) is 4.79 Å². The summed E-state index contributed by atoms with van der Waals surface area (Å²) in [5, 5.41) is 15.6. The number of hydrogen-bond donors (Lipinski definition) is 2. The van der Waals surface area contributed by atoms with Crippen LogP contribution in [0, 0.1) is 11.3 Å². The molecule has 0 radical (unpaired) electrons. The van der Waals surface area contributed by atoms with Crippen LogP contribution in [-0.4, -0.2) is 23.4 Å². The first-order chi connectivity index (χ1) is 10.6. The molecule has 1 aromatic rings. The number of benzene rings is 1. The van der Waals surface area contributed by atoms with Crippen LogP contribution in [0.5, 0.6) is 0 Å². The SMILES string of the molecule is CC(C)c1ccccc1NC(=O)/C(C#N)=C\NC1=NCCS1. The molecular weight excluding hydrogens is 296 g/mol. The van der Waals surface area contributed by atoms with E-state index in [2.05, 4.69) is 29.5 Å². The van der Waals surface area contributed by atoms with E-state index >= 15 is 0 Å². The van der Waals surface area contributed by atoms with Gasteiger partial charge in [-0.2, -0.15) is 5.26 Å². The second-order valence-corrected chi connectivity index (χ2v) is 6.13. The third kappa shape index (κ3) is 4.12. The van der Waals surface area contributed by atoms with E-state index in [-0.39, 0.29) is 11.5 Å². The summed E-state index contributed by atoms with van der Waals surface area (Å²) >= 11 is 1.57. The largest absolute Gasteiger partial charge is 0.340 e. The number of thioether (sulfide) groups is 1. The summed E-state index contributed by atoms with van der Waals surface area (Å²) in [6, 6.07) is 9.52. The number of amides is 1. The Morgan fingerprint density at radius 2 is 2.23 bits per heavy atom. The van der Waals surface area contributed by atoms with Crippen LogP contribution in [0.2, 0.25) is 0 Å². The van der Waals surface area contributed by atoms with Crippen molar-refractivity contribution in [3.8, 4) is 6.07 Å². The van der Waals surface area contributed by atoms with Crippen LogP contribution >= 0.6 is 11.8 Å². The van der Waals surface area contributed by atoms with Crippen molar-refractivity contribution in [2.45, 2.75) is 19.8 Å². The number of para-hydroxylation sites is 1. The quantitative estimate of drug-likeness (QED) is 0.662. The highest BCUT2D eigenvalue weighted by atomic mass is 32.2. The highest BCUT2D eigenvalue weighted by Crippen LogP contribution is 2.24. The van der Waals surface area contributed by atoms with Crippen molar-refractivity contribution in [3.05, 3.63) is 41.6 Å². The lowest BCUT2D eigenvalue weighted by molar-refractivity contribution is -0.112. The Kier molecular flexibility index (Phi) is 5.61. The van der Waals surface area contributed by atoms with Crippen molar-refractivity contribution >= 4 is 28.5 Å². The Morgan fingerprint density at radius 3 is 2.86 bits per heavy atom. The summed E-state index contributed by atoms with van der Waals surface area (Å²) in [4.78, 5) is 16.4. The molecule has 0 aromatic heterocycles. The molecule has 0 fully saturated rings. The van der Waals surface area contributed by atoms with Gasteiger partial charge in [0.1, 0.15) is 11.6 Å². The van der Waals surface area contributed by atoms with Gasteiger partial charge in [0.05, 0.1) is 6.54 Å². The maximum Gasteiger partial charge on any atom is 0.267 e. The zero-order valence-electron chi connectivity index (χ0n) is 12.6. The second kappa shape index (κ2) is 7.66. The first-order valence-corrected chi connectivity index (χ1v) is 8.04. The van der Waals surface area contributed by atoms with Crippen molar-refractivity contribution in [2.24, 2.45) is 4.99 Å². The number of amidine groups is 1. The van der Waals surface area contributed by atoms with Gasteiger partial charge in [0.25, 0.3) is 5.91 Å². The molecule has 22 heavy (non-hydrogen) atoms. The highest BCUT2D eigenvalue weighted by Gasteiger charge is 2.13. The van der Waals surface area contributed by atoms with Gasteiger partial charge in [-0.15, -0.1) is 0 Å². The minimum absolute atomic E-state index is 0.0220. The minimum atomic E-state index is -0.424. The first-order valence-electron chi connectivity index (χ1n) is 7.06. The molecule has 0 unspecified atom stereocenters. The average Bonchev–Trinajstić information content (AvgIpc) is 3.01. The van der Waals surface area contributed by atoms with Crippen molar-refractivity contribution in [2.75, 3.05) is 17.6 Å². The first kappa shape index (κ1) is 16.1. The highest BCUT2D eigenvalue weighted by molar-refractivity contribution is 8.14. The van der Waals surface area contributed by atoms with E-state index in [1.165, 1.54) is 6.20 Å². The summed E-state index contributed by atoms with van der Waals surface area (Å²) < 4.78 is 0. The fourth-order valence-electron chi connectivity index (χ4n) is 2.01. The standard InChI is InChI=1S/C16H18N4OS/c1-11(2)13-5-3-4-6-14(13)20-15(21)12(9-17)10-19-16-18-7-8-22-16/h3-6,10-11H,7-8H2,1-2H3,(H,18,19)(H,20,21)/b12-10-. The van der Waals surface area contributed by atoms with Gasteiger partial charge in [-0.25, -0.2) is 0 Å². The topological polar surface area (TPSA) is 77.3 Å². The molecule has 0 saturated heterocycles. The predicted octanol–water partition coefficient (Wildman–Crippen LogP) is 2.85. The van der Waals surface area contributed by atoms with Gasteiger partial charge in [0.2, 0.25) is 0 Å². The zero-order valence-corrected chi connectivity index (χ0v) is 13.4. The molecule has 2 rings (SSSR count). The van der Waals surface area contributed by atoms with Gasteiger partial charge >= 0.3 is 0 Å². The van der Waals surface area contributed by atoms with E-state index in [4.69, 9.17) is 5.26 Å². The number of aliphatic imine (C=N–C) groups is 1. The van der Waals surface area contributed by atoms with Gasteiger partial charge in [0.15, 0.2) is 5.17 Å². The fourth-order valence-corrected chi connectivity index (χ4v) is 2.71. The number of anilines is 1. The van der Waals surface area contributed by atoms with Gasteiger partial charge < -0.3 is 10.6 Å². The van der Waals surface area contributed by atoms with Crippen LogP contribution in [0.3, 0.4) is 0 Å². The molecule has 1 amide bonds. The monoisotopic (exact) mass is 314 g/mol. The van der Waals surface area contributed by atoms with Crippen molar-refractivity contribution in [3.63, 3.8) is 0 Å². The van der Waals surface area contributed by atoms with Gasteiger partial charge in [-0.1, -0.05) is 43.8 Å². The van der Waals surface area contributed by atoms with E-state index in [1.54, 1.807) is 11.8 Å². The maximum atomic E-state index is 12.2. The number of nitrogens with one attached hydrogen (secondary N) is 2. The molecule has 1 aliphatic rings. The average molecular weight is 314 g/mol. The van der Waals surface area contributed by atoms with E-state index < -0.39 is 5.91 Å². The Morgan fingerprint density at radius 1 is 1.45 bits per heavy atom. The van der Waals surface area contributed by atoms with Crippen LogP contribution in [0.15, 0.2) is 41.0 Å². The third-order valence-corrected chi connectivity index (χ3v) is 4.03. The van der Waals surface area contributed by atoms with Gasteiger partial charge in [0, 0.05) is 17.6 Å². The Balaban J connectivity index is 2.10. The number of nitrogens with zero attached hydrogens (tertiary/aromatic N) is 2. The molecule has 1 heterocycles. The lowest BCUT2D eigenvalue weighted by Gasteiger charge is -2.13. The van der Waals surface area contributed by atoms with Crippen molar-refractivity contribution < 1.29 is 4.79 Å². The summed E-state index contributed by atoms with van der Waals surface area (Å²) in [5.41, 5.74) is 1.79. The molecule has 6 heteroatoms. The van der Waals surface area contributed by atoms with Crippen LogP contribution in [0.1, 0.15) is 25.3 Å². The molecule has 1 aliphatic heterocycles. The molecule has 114 valence electrons. The number of hydrogen-bond acceptors (Lipinski definition) is 5. The minimum Gasteiger partial charge on any atom is -0.340 e. The third-order valence-electron chi connectivity index (χ3n) is 3.12. The summed E-state index contributed by atoms with van der Waals surface area (Å²) in [6.45, 7) is 4.88. The normalized spacial score (nSPS) is 14.5. The number of carbonyl (C=O) groups is 1. The van der Waals surface area contributed by atoms with Gasteiger partial charge in [-0.05, 0) is 17.5 Å². The van der Waals surface area contributed by atoms with Crippen molar-refractivity contribution in [1.29, 1.82) is 5.26 Å². The molecule has 0 saturated carbocycles. The second-order valence-electron chi connectivity index (χ2n) is 5.05. The predicted molar refractivity (Wildman–Crippen MR) is 90.8 cm³/mol. The van der Waals surface area contributed by atoms with Crippen LogP contribution in [-0.2, 0) is 4.79 Å². The lowest BCUT2D eigenvalue weighted by Crippen LogP contribution is -2.19. The molecule has 0 spiro atoms. The number of rotatable bonds is 4. The fraction of sp³-hybridized carbons (Fsp3) is 0.312. The number of nitriles is 1. The van der Waals surface area contributed by atoms with Crippen LogP contribution in [0.4, 0.5) is 5.69 Å². The molecule has 5 nitrogen and oxygen atoms in total.